The van der Waals surface area contributed by atoms with Crippen molar-refractivity contribution in [1.29, 1.82) is 0 Å². The van der Waals surface area contributed by atoms with Crippen LogP contribution in [-0.2, 0) is 20.9 Å². The lowest BCUT2D eigenvalue weighted by Crippen LogP contribution is -2.44. The second kappa shape index (κ2) is 5.67. The zero-order valence-corrected chi connectivity index (χ0v) is 15.4. The first-order chi connectivity index (χ1) is 10.3. The van der Waals surface area contributed by atoms with Crippen LogP contribution < -0.4 is 4.90 Å². The van der Waals surface area contributed by atoms with Gasteiger partial charge < -0.3 is 10.0 Å². The van der Waals surface area contributed by atoms with Crippen molar-refractivity contribution in [2.45, 2.75) is 51.4 Å². The summed E-state index contributed by atoms with van der Waals surface area (Å²) in [6.07, 6.45) is 3.04. The molecule has 1 aromatic rings. The fourth-order valence-corrected chi connectivity index (χ4v) is 3.55. The van der Waals surface area contributed by atoms with Gasteiger partial charge in [0, 0.05) is 24.3 Å². The zero-order valence-electron chi connectivity index (χ0n) is 14.5. The Bertz CT molecular complexity index is 698. The maximum absolute atomic E-state index is 10.3. The maximum atomic E-state index is 10.3. The topological polar surface area (TPSA) is 77.8 Å². The third-order valence-electron chi connectivity index (χ3n) is 4.89. The van der Waals surface area contributed by atoms with Crippen molar-refractivity contribution >= 4 is 15.8 Å². The van der Waals surface area contributed by atoms with Crippen LogP contribution in [0.2, 0.25) is 0 Å². The van der Waals surface area contributed by atoms with E-state index in [4.69, 9.17) is 4.55 Å². The van der Waals surface area contributed by atoms with Gasteiger partial charge in [0.15, 0.2) is 0 Å². The number of hydrogen-bond acceptors (Lipinski definition) is 4. The lowest BCUT2D eigenvalue weighted by molar-refractivity contribution is 0.378. The highest BCUT2D eigenvalue weighted by atomic mass is 32.2. The van der Waals surface area contributed by atoms with Crippen LogP contribution in [0.15, 0.2) is 12.1 Å². The summed E-state index contributed by atoms with van der Waals surface area (Å²) >= 11 is 0. The van der Waals surface area contributed by atoms with E-state index in [-0.39, 0.29) is 10.8 Å². The molecule has 2 N–H and O–H groups in total. The molecule has 0 saturated heterocycles. The van der Waals surface area contributed by atoms with E-state index < -0.39 is 10.1 Å². The highest BCUT2D eigenvalue weighted by Gasteiger charge is 2.41. The Morgan fingerprint density at radius 1 is 1.04 bits per heavy atom. The van der Waals surface area contributed by atoms with Crippen molar-refractivity contribution in [2.24, 2.45) is 0 Å². The van der Waals surface area contributed by atoms with Crippen LogP contribution in [-0.4, -0.2) is 37.4 Å². The molecule has 0 amide bonds. The molecule has 0 fully saturated rings. The van der Waals surface area contributed by atoms with E-state index in [1.54, 1.807) is 0 Å². The predicted molar refractivity (Wildman–Crippen MR) is 93.1 cm³/mol. The van der Waals surface area contributed by atoms with Crippen molar-refractivity contribution in [3.8, 4) is 5.75 Å². The molecule has 0 aliphatic carbocycles. The van der Waals surface area contributed by atoms with Crippen molar-refractivity contribution in [1.82, 2.24) is 0 Å². The van der Waals surface area contributed by atoms with Crippen molar-refractivity contribution in [2.75, 3.05) is 24.2 Å². The summed E-state index contributed by atoms with van der Waals surface area (Å²) in [5.74, 6) is 0.473. The molecule has 5 nitrogen and oxygen atoms in total. The van der Waals surface area contributed by atoms with Crippen molar-refractivity contribution < 1.29 is 18.1 Å². The summed E-state index contributed by atoms with van der Waals surface area (Å²) in [5, 5.41) is 10.3. The smallest absolute Gasteiger partial charge is 0.261 e. The van der Waals surface area contributed by atoms with Crippen LogP contribution in [0, 0.1) is 0 Å². The maximum Gasteiger partial charge on any atom is 0.261 e. The van der Waals surface area contributed by atoms with E-state index in [0.717, 1.165) is 19.5 Å². The van der Waals surface area contributed by atoms with Gasteiger partial charge in [-0.3, -0.25) is 4.55 Å². The molecular weight excluding hydrogens is 314 g/mol. The van der Waals surface area contributed by atoms with Gasteiger partial charge in [-0.15, -0.1) is 0 Å². The van der Waals surface area contributed by atoms with E-state index in [1.807, 2.05) is 6.07 Å². The number of nitrogens with zero attached hydrogens (tertiary/aromatic N) is 1. The largest absolute Gasteiger partial charge is 0.508 e. The SMILES string of the molecule is CC1(C)CCN2CCC(C)(C)c3c(O)ccc1c32.CS(=O)(=O)O. The van der Waals surface area contributed by atoms with Gasteiger partial charge in [0.05, 0.1) is 6.26 Å². The molecule has 2 aliphatic rings. The van der Waals surface area contributed by atoms with E-state index in [9.17, 15) is 13.5 Å². The number of aromatic hydroxyl groups is 1. The molecule has 130 valence electrons. The molecule has 2 heterocycles. The predicted octanol–water partition coefficient (Wildman–Crippen LogP) is 3.07. The third-order valence-corrected chi connectivity index (χ3v) is 4.89. The molecular formula is C17H27NO4S. The Kier molecular flexibility index (Phi) is 4.45. The van der Waals surface area contributed by atoms with E-state index in [1.165, 1.54) is 23.2 Å². The second-order valence-electron chi connectivity index (χ2n) is 7.84. The highest BCUT2D eigenvalue weighted by Crippen LogP contribution is 2.51. The van der Waals surface area contributed by atoms with E-state index in [2.05, 4.69) is 38.7 Å². The summed E-state index contributed by atoms with van der Waals surface area (Å²) in [7, 11) is -3.67. The van der Waals surface area contributed by atoms with Gasteiger partial charge in [0.2, 0.25) is 0 Å². The van der Waals surface area contributed by atoms with Crippen molar-refractivity contribution in [3.63, 3.8) is 0 Å². The van der Waals surface area contributed by atoms with Gasteiger partial charge in [-0.05, 0) is 35.3 Å². The first-order valence-corrected chi connectivity index (χ1v) is 9.72. The van der Waals surface area contributed by atoms with Gasteiger partial charge >= 0.3 is 0 Å². The second-order valence-corrected chi connectivity index (χ2v) is 9.31. The summed E-state index contributed by atoms with van der Waals surface area (Å²) in [6.45, 7) is 11.4. The van der Waals surface area contributed by atoms with E-state index in [0.29, 0.717) is 12.0 Å². The number of hydrogen-bond donors (Lipinski definition) is 2. The summed E-state index contributed by atoms with van der Waals surface area (Å²) in [4.78, 5) is 2.47. The molecule has 0 unspecified atom stereocenters. The monoisotopic (exact) mass is 341 g/mol. The number of anilines is 1. The summed E-state index contributed by atoms with van der Waals surface area (Å²) in [5.41, 5.74) is 4.21. The molecule has 2 aliphatic heterocycles. The van der Waals surface area contributed by atoms with Crippen LogP contribution in [0.5, 0.6) is 5.75 Å². The Labute approximate surface area is 139 Å². The molecule has 0 aromatic heterocycles. The minimum absolute atomic E-state index is 0.0827. The Hall–Kier alpha value is -1.27. The molecule has 1 aromatic carbocycles. The van der Waals surface area contributed by atoms with Crippen LogP contribution in [0.3, 0.4) is 0 Å². The van der Waals surface area contributed by atoms with E-state index >= 15 is 0 Å². The first kappa shape index (κ1) is 18.1. The minimum Gasteiger partial charge on any atom is -0.508 e. The average molecular weight is 341 g/mol. The first-order valence-electron chi connectivity index (χ1n) is 7.87. The zero-order chi connectivity index (χ0) is 17.6. The molecule has 6 heteroatoms. The molecule has 0 spiro atoms. The normalized spacial score (nSPS) is 21.0. The fraction of sp³-hybridized carbons (Fsp3) is 0.647. The molecule has 0 bridgehead atoms. The van der Waals surface area contributed by atoms with Crippen LogP contribution in [0.1, 0.15) is 51.7 Å². The van der Waals surface area contributed by atoms with Crippen LogP contribution in [0.25, 0.3) is 0 Å². The minimum atomic E-state index is -3.67. The Morgan fingerprint density at radius 2 is 1.52 bits per heavy atom. The molecule has 3 rings (SSSR count). The Morgan fingerprint density at radius 3 is 2.04 bits per heavy atom. The molecule has 0 saturated carbocycles. The summed E-state index contributed by atoms with van der Waals surface area (Å²) in [6, 6.07) is 4.02. The lowest BCUT2D eigenvalue weighted by Gasteiger charge is -2.48. The highest BCUT2D eigenvalue weighted by molar-refractivity contribution is 7.85. The van der Waals surface area contributed by atoms with Crippen LogP contribution in [0.4, 0.5) is 5.69 Å². The standard InChI is InChI=1S/C16H23NO.CH4O3S/c1-15(2)7-9-17-10-8-16(3,4)13-12(18)6-5-11(15)14(13)17;1-5(2,3)4/h5-6,18H,7-10H2,1-4H3;1H3,(H,2,3,4). The molecule has 0 radical (unpaired) electrons. The quantitative estimate of drug-likeness (QED) is 0.709. The van der Waals surface area contributed by atoms with Gasteiger partial charge in [0.25, 0.3) is 10.1 Å². The van der Waals surface area contributed by atoms with Gasteiger partial charge in [-0.25, -0.2) is 0 Å². The average Bonchev–Trinajstić information content (AvgIpc) is 2.34. The number of rotatable bonds is 0. The van der Waals surface area contributed by atoms with Crippen LogP contribution >= 0.6 is 0 Å². The summed E-state index contributed by atoms with van der Waals surface area (Å²) < 4.78 is 25.9. The van der Waals surface area contributed by atoms with Gasteiger partial charge in [-0.1, -0.05) is 33.8 Å². The van der Waals surface area contributed by atoms with Gasteiger partial charge in [-0.2, -0.15) is 8.42 Å². The number of benzene rings is 1. The third kappa shape index (κ3) is 3.80. The Balaban J connectivity index is 0.000000338. The molecule has 0 atom stereocenters. The number of phenolic OH excluding ortho intramolecular Hbond substituents is 1. The van der Waals surface area contributed by atoms with Crippen molar-refractivity contribution in [3.05, 3.63) is 23.3 Å². The molecule has 23 heavy (non-hydrogen) atoms. The lowest BCUT2D eigenvalue weighted by atomic mass is 9.69. The number of phenols is 1. The van der Waals surface area contributed by atoms with Gasteiger partial charge in [0.1, 0.15) is 5.75 Å². The fourth-order valence-electron chi connectivity index (χ4n) is 3.55.